The summed E-state index contributed by atoms with van der Waals surface area (Å²) in [6, 6.07) is 33.7. The molecule has 0 aliphatic carbocycles. The molecule has 158 valence electrons. The van der Waals surface area contributed by atoms with E-state index >= 15 is 0 Å². The molecule has 0 bridgehead atoms. The van der Waals surface area contributed by atoms with Crippen molar-refractivity contribution in [1.29, 1.82) is 0 Å². The number of Topliss-reactive ketones (excluding diaryl/α,β-unsaturated/α-hetero) is 1. The maximum absolute atomic E-state index is 12.9. The molecule has 3 aromatic carbocycles. The summed E-state index contributed by atoms with van der Waals surface area (Å²) < 4.78 is 5.22. The number of hydrogen-bond donors (Lipinski definition) is 0. The maximum atomic E-state index is 12.9. The van der Waals surface area contributed by atoms with Crippen LogP contribution >= 0.6 is 0 Å². The number of carbonyl (C=O) groups excluding carboxylic acids is 1. The van der Waals surface area contributed by atoms with Crippen LogP contribution in [0.1, 0.15) is 28.7 Å². The molecule has 1 aliphatic rings. The van der Waals surface area contributed by atoms with Gasteiger partial charge in [0.15, 0.2) is 5.78 Å². The van der Waals surface area contributed by atoms with Gasteiger partial charge in [0.2, 0.25) is 0 Å². The smallest absolute Gasteiger partial charge is 0.161 e. The van der Waals surface area contributed by atoms with Gasteiger partial charge in [0.1, 0.15) is 0 Å². The largest absolute Gasteiger partial charge is 0.472 e. The third kappa shape index (κ3) is 3.61. The van der Waals surface area contributed by atoms with Crippen LogP contribution in [0.15, 0.2) is 120 Å². The van der Waals surface area contributed by atoms with Crippen LogP contribution in [0, 0.1) is 0 Å². The Kier molecular flexibility index (Phi) is 5.57. The Hall–Kier alpha value is -3.69. The van der Waals surface area contributed by atoms with E-state index in [1.807, 2.05) is 30.3 Å². The van der Waals surface area contributed by atoms with Gasteiger partial charge in [-0.25, -0.2) is 0 Å². The molecule has 1 saturated heterocycles. The summed E-state index contributed by atoms with van der Waals surface area (Å²) in [6.45, 7) is 1.24. The van der Waals surface area contributed by atoms with Gasteiger partial charge in [0.05, 0.1) is 18.1 Å². The standard InChI is InChI=1S/C29H25NO2/c31-28-16-18-30(21-24(28)20-23-17-19-32-22-23)29(25-10-4-1-5-11-25,26-12-6-2-7-13-26)27-14-8-3-9-15-27/h1-15,17,19-20,22H,16,18,21H2. The first-order valence-corrected chi connectivity index (χ1v) is 11.0. The van der Waals surface area contributed by atoms with E-state index in [4.69, 9.17) is 4.42 Å². The highest BCUT2D eigenvalue weighted by atomic mass is 16.3. The van der Waals surface area contributed by atoms with Gasteiger partial charge in [-0.2, -0.15) is 0 Å². The molecule has 0 spiro atoms. The van der Waals surface area contributed by atoms with Crippen LogP contribution in [0.4, 0.5) is 0 Å². The van der Waals surface area contributed by atoms with E-state index in [0.29, 0.717) is 19.5 Å². The molecule has 1 aromatic heterocycles. The SMILES string of the molecule is O=C1CCN(C(c2ccccc2)(c2ccccc2)c2ccccc2)CC1=Cc1ccoc1. The second-order valence-electron chi connectivity index (χ2n) is 8.13. The van der Waals surface area contributed by atoms with Crippen LogP contribution in [0.25, 0.3) is 6.08 Å². The molecule has 0 atom stereocenters. The van der Waals surface area contributed by atoms with Gasteiger partial charge in [-0.05, 0) is 28.8 Å². The number of likely N-dealkylation sites (tertiary alicyclic amines) is 1. The lowest BCUT2D eigenvalue weighted by atomic mass is 9.74. The van der Waals surface area contributed by atoms with Crippen LogP contribution in [-0.4, -0.2) is 23.8 Å². The van der Waals surface area contributed by atoms with E-state index in [2.05, 4.69) is 77.7 Å². The number of ketones is 1. The van der Waals surface area contributed by atoms with Crippen molar-refractivity contribution in [3.63, 3.8) is 0 Å². The first kappa shape index (κ1) is 20.2. The van der Waals surface area contributed by atoms with Gasteiger partial charge in [0, 0.05) is 30.6 Å². The fraction of sp³-hybridized carbons (Fsp3) is 0.138. The Balaban J connectivity index is 1.72. The van der Waals surface area contributed by atoms with Crippen LogP contribution in [0.2, 0.25) is 0 Å². The molecule has 1 aliphatic heterocycles. The molecule has 5 rings (SSSR count). The normalized spacial score (nSPS) is 16.4. The minimum Gasteiger partial charge on any atom is -0.472 e. The Morgan fingerprint density at radius 3 is 1.75 bits per heavy atom. The van der Waals surface area contributed by atoms with Crippen molar-refractivity contribution in [3.8, 4) is 0 Å². The molecule has 0 radical (unpaired) electrons. The molecule has 1 fully saturated rings. The topological polar surface area (TPSA) is 33.5 Å². The van der Waals surface area contributed by atoms with Gasteiger partial charge in [-0.15, -0.1) is 0 Å². The lowest BCUT2D eigenvalue weighted by molar-refractivity contribution is -0.117. The van der Waals surface area contributed by atoms with Crippen molar-refractivity contribution in [2.24, 2.45) is 0 Å². The second kappa shape index (κ2) is 8.81. The summed E-state index contributed by atoms with van der Waals surface area (Å²) in [5.41, 5.74) is 4.78. The summed E-state index contributed by atoms with van der Waals surface area (Å²) in [5, 5.41) is 0. The lowest BCUT2D eigenvalue weighted by Gasteiger charge is -2.47. The van der Waals surface area contributed by atoms with Gasteiger partial charge < -0.3 is 4.42 Å². The van der Waals surface area contributed by atoms with Crippen LogP contribution < -0.4 is 0 Å². The third-order valence-electron chi connectivity index (χ3n) is 6.26. The highest BCUT2D eigenvalue weighted by Gasteiger charge is 2.44. The minimum absolute atomic E-state index is 0.200. The molecule has 3 heteroatoms. The van der Waals surface area contributed by atoms with Crippen LogP contribution in [0.3, 0.4) is 0 Å². The number of benzene rings is 3. The molecule has 0 unspecified atom stereocenters. The van der Waals surface area contributed by atoms with E-state index in [1.165, 1.54) is 16.7 Å². The van der Waals surface area contributed by atoms with E-state index in [0.717, 1.165) is 11.1 Å². The number of furan rings is 1. The summed E-state index contributed by atoms with van der Waals surface area (Å²) in [7, 11) is 0. The monoisotopic (exact) mass is 419 g/mol. The second-order valence-corrected chi connectivity index (χ2v) is 8.13. The fourth-order valence-electron chi connectivity index (χ4n) is 4.83. The van der Waals surface area contributed by atoms with E-state index < -0.39 is 5.54 Å². The zero-order valence-corrected chi connectivity index (χ0v) is 17.9. The van der Waals surface area contributed by atoms with Crippen molar-refractivity contribution in [2.45, 2.75) is 12.0 Å². The predicted octanol–water partition coefficient (Wildman–Crippen LogP) is 5.93. The Labute approximate surface area is 188 Å². The first-order chi connectivity index (χ1) is 15.8. The zero-order chi connectivity index (χ0) is 21.8. The van der Waals surface area contributed by atoms with Gasteiger partial charge in [0.25, 0.3) is 0 Å². The predicted molar refractivity (Wildman–Crippen MR) is 127 cm³/mol. The number of hydrogen-bond acceptors (Lipinski definition) is 3. The fourth-order valence-corrected chi connectivity index (χ4v) is 4.83. The number of rotatable bonds is 5. The average molecular weight is 420 g/mol. The van der Waals surface area contributed by atoms with Crippen LogP contribution in [0.5, 0.6) is 0 Å². The highest BCUT2D eigenvalue weighted by molar-refractivity contribution is 6.00. The van der Waals surface area contributed by atoms with E-state index in [9.17, 15) is 4.79 Å². The van der Waals surface area contributed by atoms with Crippen molar-refractivity contribution in [2.75, 3.05) is 13.1 Å². The molecular formula is C29H25NO2. The van der Waals surface area contributed by atoms with Gasteiger partial charge in [-0.3, -0.25) is 9.69 Å². The van der Waals surface area contributed by atoms with Gasteiger partial charge >= 0.3 is 0 Å². The molecule has 0 N–H and O–H groups in total. The van der Waals surface area contributed by atoms with Crippen molar-refractivity contribution in [1.82, 2.24) is 4.90 Å². The Morgan fingerprint density at radius 1 is 0.750 bits per heavy atom. The molecular weight excluding hydrogens is 394 g/mol. The van der Waals surface area contributed by atoms with Crippen molar-refractivity contribution >= 4 is 11.9 Å². The number of piperidine rings is 1. The number of carbonyl (C=O) groups is 1. The number of nitrogens with zero attached hydrogens (tertiary/aromatic N) is 1. The highest BCUT2D eigenvalue weighted by Crippen LogP contribution is 2.43. The maximum Gasteiger partial charge on any atom is 0.161 e. The van der Waals surface area contributed by atoms with E-state index in [-0.39, 0.29) is 5.78 Å². The molecule has 4 aromatic rings. The molecule has 32 heavy (non-hydrogen) atoms. The summed E-state index contributed by atoms with van der Waals surface area (Å²) in [4.78, 5) is 15.3. The third-order valence-corrected chi connectivity index (χ3v) is 6.26. The molecule has 2 heterocycles. The summed E-state index contributed by atoms with van der Waals surface area (Å²) in [5.74, 6) is 0.200. The Morgan fingerprint density at radius 2 is 1.28 bits per heavy atom. The Bertz CT molecular complexity index is 1100. The summed E-state index contributed by atoms with van der Waals surface area (Å²) >= 11 is 0. The summed E-state index contributed by atoms with van der Waals surface area (Å²) in [6.07, 6.45) is 5.76. The molecule has 0 saturated carbocycles. The van der Waals surface area contributed by atoms with E-state index in [1.54, 1.807) is 12.5 Å². The van der Waals surface area contributed by atoms with Crippen molar-refractivity contribution in [3.05, 3.63) is 137 Å². The minimum atomic E-state index is -0.514. The van der Waals surface area contributed by atoms with Crippen molar-refractivity contribution < 1.29 is 9.21 Å². The average Bonchev–Trinajstić information content (AvgIpc) is 3.37. The lowest BCUT2D eigenvalue weighted by Crippen LogP contribution is -2.52. The quantitative estimate of drug-likeness (QED) is 0.297. The molecule has 3 nitrogen and oxygen atoms in total. The van der Waals surface area contributed by atoms with Crippen LogP contribution in [-0.2, 0) is 10.3 Å². The molecule has 0 amide bonds. The zero-order valence-electron chi connectivity index (χ0n) is 17.9. The first-order valence-electron chi connectivity index (χ1n) is 11.0. The van der Waals surface area contributed by atoms with Gasteiger partial charge in [-0.1, -0.05) is 91.0 Å².